The molecule has 2 aliphatic heterocycles. The minimum atomic E-state index is 0.654. The average molecular weight is 337 g/mol. The molecule has 0 radical (unpaired) electrons. The summed E-state index contributed by atoms with van der Waals surface area (Å²) >= 11 is 0. The number of aryl methyl sites for hydroxylation is 1. The standard InChI is InChI=1S/C20H27N5/c1-15-2-3-16-14-17(4-5-19(16)23-15)20(21)25-10-6-18(7-11-25)24-12-8-22-9-13-24/h2-5,14,18,21-22H,6-13H2,1H3. The van der Waals surface area contributed by atoms with Crippen LogP contribution in [-0.2, 0) is 0 Å². The van der Waals surface area contributed by atoms with Crippen molar-refractivity contribution in [3.8, 4) is 0 Å². The Kier molecular flexibility index (Phi) is 4.68. The second-order valence-electron chi connectivity index (χ2n) is 7.21. The molecule has 25 heavy (non-hydrogen) atoms. The van der Waals surface area contributed by atoms with Gasteiger partial charge in [-0.2, -0.15) is 0 Å². The number of piperazine rings is 1. The van der Waals surface area contributed by atoms with Crippen LogP contribution in [0.2, 0.25) is 0 Å². The Bertz CT molecular complexity index is 758. The lowest BCUT2D eigenvalue weighted by atomic mass is 10.0. The van der Waals surface area contributed by atoms with Crippen LogP contribution >= 0.6 is 0 Å². The van der Waals surface area contributed by atoms with E-state index in [1.54, 1.807) is 0 Å². The molecule has 0 saturated carbocycles. The summed E-state index contributed by atoms with van der Waals surface area (Å²) in [6.07, 6.45) is 2.33. The second kappa shape index (κ2) is 7.10. The molecule has 5 nitrogen and oxygen atoms in total. The molecule has 0 bridgehead atoms. The molecule has 1 aromatic carbocycles. The number of likely N-dealkylation sites (tertiary alicyclic amines) is 1. The Morgan fingerprint density at radius 1 is 1.08 bits per heavy atom. The predicted molar refractivity (Wildman–Crippen MR) is 102 cm³/mol. The summed E-state index contributed by atoms with van der Waals surface area (Å²) < 4.78 is 0. The fourth-order valence-electron chi connectivity index (χ4n) is 4.06. The molecular formula is C20H27N5. The molecule has 2 N–H and O–H groups in total. The third-order valence-electron chi connectivity index (χ3n) is 5.55. The summed E-state index contributed by atoms with van der Waals surface area (Å²) in [7, 11) is 0. The van der Waals surface area contributed by atoms with Gasteiger partial charge in [-0.3, -0.25) is 15.3 Å². The van der Waals surface area contributed by atoms with Crippen LogP contribution in [0.4, 0.5) is 0 Å². The van der Waals surface area contributed by atoms with Gasteiger partial charge in [0.2, 0.25) is 0 Å². The van der Waals surface area contributed by atoms with E-state index in [-0.39, 0.29) is 0 Å². The molecule has 3 heterocycles. The number of piperidine rings is 1. The van der Waals surface area contributed by atoms with Gasteiger partial charge in [0, 0.05) is 62.0 Å². The van der Waals surface area contributed by atoms with Gasteiger partial charge in [-0.05, 0) is 44.0 Å². The van der Waals surface area contributed by atoms with Crippen LogP contribution in [0.15, 0.2) is 30.3 Å². The zero-order chi connectivity index (χ0) is 17.2. The Morgan fingerprint density at radius 2 is 1.84 bits per heavy atom. The maximum absolute atomic E-state index is 8.63. The number of hydrogen-bond acceptors (Lipinski definition) is 4. The first-order valence-electron chi connectivity index (χ1n) is 9.37. The molecule has 0 amide bonds. The van der Waals surface area contributed by atoms with Gasteiger partial charge in [-0.25, -0.2) is 0 Å². The van der Waals surface area contributed by atoms with Gasteiger partial charge in [0.25, 0.3) is 0 Å². The number of rotatable bonds is 2. The van der Waals surface area contributed by atoms with E-state index in [0.717, 1.165) is 61.2 Å². The van der Waals surface area contributed by atoms with E-state index < -0.39 is 0 Å². The van der Waals surface area contributed by atoms with Crippen molar-refractivity contribution >= 4 is 16.7 Å². The highest BCUT2D eigenvalue weighted by Gasteiger charge is 2.26. The molecular weight excluding hydrogens is 310 g/mol. The lowest BCUT2D eigenvalue weighted by Crippen LogP contribution is -2.52. The van der Waals surface area contributed by atoms with Gasteiger partial charge in [0.1, 0.15) is 5.84 Å². The highest BCUT2D eigenvalue weighted by Crippen LogP contribution is 2.21. The first kappa shape index (κ1) is 16.5. The Balaban J connectivity index is 1.42. The van der Waals surface area contributed by atoms with Crippen molar-refractivity contribution in [2.75, 3.05) is 39.3 Å². The summed E-state index contributed by atoms with van der Waals surface area (Å²) in [5.41, 5.74) is 3.04. The number of amidine groups is 1. The number of aromatic nitrogens is 1. The van der Waals surface area contributed by atoms with Gasteiger partial charge >= 0.3 is 0 Å². The Labute approximate surface area is 149 Å². The van der Waals surface area contributed by atoms with Gasteiger partial charge < -0.3 is 10.2 Å². The van der Waals surface area contributed by atoms with E-state index in [4.69, 9.17) is 5.41 Å². The van der Waals surface area contributed by atoms with Crippen LogP contribution in [0.25, 0.3) is 10.9 Å². The van der Waals surface area contributed by atoms with Crippen molar-refractivity contribution in [2.45, 2.75) is 25.8 Å². The first-order valence-corrected chi connectivity index (χ1v) is 9.37. The number of pyridine rings is 1. The summed E-state index contributed by atoms with van der Waals surface area (Å²) in [6.45, 7) is 8.53. The lowest BCUT2D eigenvalue weighted by molar-refractivity contribution is 0.122. The molecule has 2 aliphatic rings. The highest BCUT2D eigenvalue weighted by molar-refractivity contribution is 5.99. The smallest absolute Gasteiger partial charge is 0.128 e. The topological polar surface area (TPSA) is 55.3 Å². The molecule has 0 unspecified atom stereocenters. The van der Waals surface area contributed by atoms with Crippen LogP contribution in [0.1, 0.15) is 24.1 Å². The van der Waals surface area contributed by atoms with E-state index in [1.807, 2.05) is 25.1 Å². The zero-order valence-corrected chi connectivity index (χ0v) is 15.0. The first-order chi connectivity index (χ1) is 12.2. The van der Waals surface area contributed by atoms with Crippen molar-refractivity contribution in [1.29, 1.82) is 5.41 Å². The van der Waals surface area contributed by atoms with Crippen molar-refractivity contribution in [3.05, 3.63) is 41.6 Å². The fraction of sp³-hybridized carbons (Fsp3) is 0.500. The molecule has 0 atom stereocenters. The van der Waals surface area contributed by atoms with Crippen molar-refractivity contribution in [2.24, 2.45) is 0 Å². The van der Waals surface area contributed by atoms with E-state index in [2.05, 4.69) is 32.2 Å². The summed E-state index contributed by atoms with van der Waals surface area (Å²) in [5, 5.41) is 13.2. The molecule has 132 valence electrons. The summed E-state index contributed by atoms with van der Waals surface area (Å²) in [4.78, 5) is 9.42. The van der Waals surface area contributed by atoms with Crippen LogP contribution in [0, 0.1) is 12.3 Å². The molecule has 2 saturated heterocycles. The van der Waals surface area contributed by atoms with Gasteiger partial charge in [0.05, 0.1) is 5.52 Å². The number of hydrogen-bond donors (Lipinski definition) is 2. The van der Waals surface area contributed by atoms with Crippen molar-refractivity contribution in [3.63, 3.8) is 0 Å². The van der Waals surface area contributed by atoms with E-state index in [1.165, 1.54) is 13.1 Å². The van der Waals surface area contributed by atoms with Gasteiger partial charge in [-0.1, -0.05) is 6.07 Å². The SMILES string of the molecule is Cc1ccc2cc(C(=N)N3CCC(N4CCNCC4)CC3)ccc2n1. The molecule has 2 aromatic rings. The van der Waals surface area contributed by atoms with Crippen LogP contribution in [0.3, 0.4) is 0 Å². The van der Waals surface area contributed by atoms with E-state index >= 15 is 0 Å². The molecule has 2 fully saturated rings. The zero-order valence-electron chi connectivity index (χ0n) is 15.0. The number of fused-ring (bicyclic) bond motifs is 1. The van der Waals surface area contributed by atoms with Gasteiger partial charge in [0.15, 0.2) is 0 Å². The fourth-order valence-corrected chi connectivity index (χ4v) is 4.06. The number of benzene rings is 1. The Morgan fingerprint density at radius 3 is 2.60 bits per heavy atom. The monoisotopic (exact) mass is 337 g/mol. The minimum absolute atomic E-state index is 0.654. The molecule has 0 spiro atoms. The quantitative estimate of drug-likeness (QED) is 0.652. The average Bonchev–Trinajstić information content (AvgIpc) is 2.68. The van der Waals surface area contributed by atoms with Crippen LogP contribution in [0.5, 0.6) is 0 Å². The third kappa shape index (κ3) is 3.53. The number of nitrogens with one attached hydrogen (secondary N) is 2. The normalized spacial score (nSPS) is 20.1. The van der Waals surface area contributed by atoms with Crippen molar-refractivity contribution in [1.82, 2.24) is 20.1 Å². The van der Waals surface area contributed by atoms with Crippen molar-refractivity contribution < 1.29 is 0 Å². The van der Waals surface area contributed by atoms with E-state index in [0.29, 0.717) is 11.9 Å². The molecule has 0 aliphatic carbocycles. The largest absolute Gasteiger partial charge is 0.356 e. The summed E-state index contributed by atoms with van der Waals surface area (Å²) in [6, 6.07) is 11.0. The summed E-state index contributed by atoms with van der Waals surface area (Å²) in [5.74, 6) is 0.654. The highest BCUT2D eigenvalue weighted by atomic mass is 15.2. The maximum Gasteiger partial charge on any atom is 0.128 e. The maximum atomic E-state index is 8.63. The number of nitrogens with zero attached hydrogens (tertiary/aromatic N) is 3. The predicted octanol–water partition coefficient (Wildman–Crippen LogP) is 2.24. The van der Waals surface area contributed by atoms with E-state index in [9.17, 15) is 0 Å². The third-order valence-corrected chi connectivity index (χ3v) is 5.55. The molecule has 1 aromatic heterocycles. The van der Waals surface area contributed by atoms with Crippen LogP contribution in [-0.4, -0.2) is 65.9 Å². The second-order valence-corrected chi connectivity index (χ2v) is 7.21. The molecule has 4 rings (SSSR count). The molecule has 5 heteroatoms. The van der Waals surface area contributed by atoms with Crippen LogP contribution < -0.4 is 5.32 Å². The minimum Gasteiger partial charge on any atom is -0.356 e. The Hall–Kier alpha value is -1.98. The van der Waals surface area contributed by atoms with Gasteiger partial charge in [-0.15, -0.1) is 0 Å². The lowest BCUT2D eigenvalue weighted by Gasteiger charge is -2.41.